The second-order valence-corrected chi connectivity index (χ2v) is 21.5. The van der Waals surface area contributed by atoms with E-state index in [1.54, 1.807) is 5.32 Å². The molecule has 4 saturated carbocycles. The number of Topliss-reactive ketones (excluding diaryl/α,β-unsaturated/α-hetero) is 2. The fraction of sp³-hybridized carbons (Fsp3) is 0.815. The fourth-order valence-electron chi connectivity index (χ4n) is 8.85. The predicted octanol–water partition coefficient (Wildman–Crippen LogP) is 3.76. The number of carbonyl (C=O) groups is 10. The van der Waals surface area contributed by atoms with E-state index < -0.39 is 262 Å². The molecule has 6 rings (SSSR count). The highest BCUT2D eigenvalue weighted by Crippen LogP contribution is 2.66. The summed E-state index contributed by atoms with van der Waals surface area (Å²) < 4.78 is 284. The molecule has 6 aliphatic rings. The van der Waals surface area contributed by atoms with E-state index in [1.165, 1.54) is 41.5 Å². The highest BCUT2D eigenvalue weighted by Gasteiger charge is 2.71. The number of halogens is 1. The number of nitrogens with one attached hydrogen (secondary N) is 5. The fourth-order valence-corrected chi connectivity index (χ4v) is 8.85. The van der Waals surface area contributed by atoms with E-state index in [4.69, 9.17) is 60.8 Å². The number of piperidine rings is 2. The first-order valence-electron chi connectivity index (χ1n) is 41.1. The van der Waals surface area contributed by atoms with Crippen LogP contribution in [0.4, 0.5) is 9.59 Å². The van der Waals surface area contributed by atoms with Gasteiger partial charge in [-0.05, 0) is 105 Å². The smallest absolute Gasteiger partial charge is 0.326 e. The summed E-state index contributed by atoms with van der Waals surface area (Å²) in [5, 5.41) is 20.4. The van der Waals surface area contributed by atoms with Gasteiger partial charge in [-0.3, -0.25) is 33.6 Å². The number of hydrogen-bond acceptors (Lipinski definition) is 11. The molecule has 22 heteroatoms. The van der Waals surface area contributed by atoms with Gasteiger partial charge < -0.3 is 58.7 Å². The number of aliphatic carboxylic acids is 1. The first-order chi connectivity index (χ1) is 48.3. The maximum Gasteiger partial charge on any atom is 0.326 e. The second kappa shape index (κ2) is 23.9. The van der Waals surface area contributed by atoms with E-state index in [9.17, 15) is 53.1 Å². The van der Waals surface area contributed by atoms with E-state index in [-0.39, 0.29) is 19.0 Å². The van der Waals surface area contributed by atoms with Gasteiger partial charge in [-0.25, -0.2) is 14.4 Å². The van der Waals surface area contributed by atoms with Gasteiger partial charge in [0.1, 0.15) is 24.2 Å². The summed E-state index contributed by atoms with van der Waals surface area (Å²) >= 11 is 0. The van der Waals surface area contributed by atoms with Crippen molar-refractivity contribution >= 4 is 71.5 Å². The highest BCUT2D eigenvalue weighted by atomic mass is 35.5. The van der Waals surface area contributed by atoms with Crippen molar-refractivity contribution < 1.29 is 102 Å². The molecule has 4 aliphatic carbocycles. The maximum atomic E-state index is 14.5. The third-order valence-corrected chi connectivity index (χ3v) is 12.8. The van der Waals surface area contributed by atoms with Gasteiger partial charge >= 0.3 is 18.0 Å². The molecule has 0 aromatic rings. The Kier molecular flexibility index (Phi) is 9.20. The Hall–Kier alpha value is -5.05. The second-order valence-electron chi connectivity index (χ2n) is 21.5. The maximum absolute atomic E-state index is 14.5. The van der Waals surface area contributed by atoms with Gasteiger partial charge in [0.2, 0.25) is 29.3 Å². The van der Waals surface area contributed by atoms with Crippen LogP contribution in [-0.4, -0.2) is 134 Å². The largest absolute Gasteiger partial charge is 0.480 e. The summed E-state index contributed by atoms with van der Waals surface area (Å²) in [7, 11) is 0. The molecule has 2 heterocycles. The number of hydrogen-bond donors (Lipinski definition) is 9. The molecule has 6 fully saturated rings. The number of urea groups is 2. The molecule has 0 aromatic heterocycles. The summed E-state index contributed by atoms with van der Waals surface area (Å²) in [4.78, 5) is 129. The first kappa shape index (κ1) is 29.2. The molecule has 12 N–H and O–H groups in total. The molecule has 4 unspecified atom stereocenters. The Morgan fingerprint density at radius 2 is 1.05 bits per heavy atom. The lowest BCUT2D eigenvalue weighted by Gasteiger charge is -2.38. The Bertz CT molecular complexity index is 3710. The monoisotopic (exact) mass is 1130 g/mol. The predicted molar refractivity (Wildman–Crippen MR) is 289 cm³/mol. The van der Waals surface area contributed by atoms with Crippen LogP contribution in [0.15, 0.2) is 0 Å². The Labute approximate surface area is 506 Å². The lowest BCUT2D eigenvalue weighted by molar-refractivity contribution is -0.152. The van der Waals surface area contributed by atoms with Crippen molar-refractivity contribution in [2.45, 2.75) is 209 Å². The zero-order chi connectivity index (χ0) is 88.7. The molecule has 0 aromatic carbocycles. The van der Waals surface area contributed by atoms with Crippen LogP contribution in [-0.2, 0) is 38.4 Å². The molecule has 2 saturated heterocycles. The first-order valence-corrected chi connectivity index (χ1v) is 23.1. The number of ketones is 2. The standard InChI is InChI=1S/C27H45N5O5.C19H33N3O4.C8H14N2O2.ClH/c1-25(2,3)20(30-24(37)31-26(4,5)6)23(36)32-13-15-17(27(15,7)8)18(32)22(35)29-16(19(33)21(28)34)12-14-10-9-11-14;1-17(2,3)13(20-16(26)21-18(4,5)6)14(23)22-9-10-11(19(10,7)8)12(22)15(24)25;9-6(7(11)8(10)12)4-5-2-1-3-5;/h14-18,20H,9-13H2,1-8H3,(H2,28,34)(H,29,35)(H2,30,31,37);10-13H,9H2,1-8H3,(H,24,25)(H2,20,21,26);5-6H,1-4,9H2,(H2,10,12);1H/t15-,16?,17-,18-,20+;10-,11-,12-,13+;;/m00../s1/i1D3,4D3,7D3,9D2,10D2,11D2,12D2,14D;1D3,4D3,7D3;1D2,2D2,3D2,4D2,5D;/t15-,16?,17-,18-,20+,27?;10-,11-,12-,13+,19?;;. The average Bonchev–Trinajstić information content (AvgIpc) is 1.10. The highest BCUT2D eigenvalue weighted by molar-refractivity contribution is 6.38. The van der Waals surface area contributed by atoms with E-state index in [1.807, 2.05) is 0 Å². The van der Waals surface area contributed by atoms with Crippen molar-refractivity contribution in [2.24, 2.45) is 74.3 Å². The molecule has 2 aliphatic heterocycles. The van der Waals surface area contributed by atoms with Crippen LogP contribution in [0.5, 0.6) is 0 Å². The van der Waals surface area contributed by atoms with E-state index in [2.05, 4.69) is 27.0 Å². The van der Waals surface area contributed by atoms with Gasteiger partial charge in [0.05, 0.1) is 12.1 Å². The Morgan fingerprint density at radius 1 is 0.658 bits per heavy atom. The van der Waals surface area contributed by atoms with Crippen molar-refractivity contribution in [3.63, 3.8) is 0 Å². The van der Waals surface area contributed by atoms with Gasteiger partial charge in [0, 0.05) is 79.4 Å². The van der Waals surface area contributed by atoms with Crippen molar-refractivity contribution in [3.8, 4) is 0 Å². The summed E-state index contributed by atoms with van der Waals surface area (Å²) in [5.74, 6) is -23.8. The molecule has 0 radical (unpaired) electrons. The molecule has 9 amide bonds. The van der Waals surface area contributed by atoms with Gasteiger partial charge in [-0.2, -0.15) is 0 Å². The van der Waals surface area contributed by atoms with Crippen molar-refractivity contribution in [2.75, 3.05) is 13.1 Å². The van der Waals surface area contributed by atoms with Crippen LogP contribution in [0, 0.1) is 57.1 Å². The van der Waals surface area contributed by atoms with E-state index >= 15 is 0 Å². The Morgan fingerprint density at radius 3 is 1.42 bits per heavy atom. The lowest BCUT2D eigenvalue weighted by Crippen LogP contribution is -2.62. The minimum atomic E-state index is -4.00. The minimum Gasteiger partial charge on any atom is -0.480 e. The van der Waals surface area contributed by atoms with E-state index in [0.717, 1.165) is 32.6 Å². The lowest BCUT2D eigenvalue weighted by atomic mass is 9.80. The van der Waals surface area contributed by atoms with Crippen molar-refractivity contribution in [1.29, 1.82) is 0 Å². The third-order valence-electron chi connectivity index (χ3n) is 12.8. The number of nitrogens with zero attached hydrogens (tertiary/aromatic N) is 2. The number of likely N-dealkylation sites (tertiary alicyclic amines) is 2. The number of amides is 9. The van der Waals surface area contributed by atoms with Crippen LogP contribution in [0.1, 0.15) is 211 Å². The number of carboxylic acids is 1. The SMILES string of the molecule is Cl.[2H]C([2H])(C(N)C(=O)C(N)=O)C1([2H])C([2H])([2H])C([2H])([2H])C1([2H])[2H].[2H]C([2H])([2H])C(C)(C)NC(=O)N[C@H](C(=O)N1C[C@H]2[C@@H]([C@H]1C(=O)NC(C(=O)C(N)=O)C([2H])([2H])C1([2H])C([2H])([2H])C([2H])([2H])C1([2H])[2H])C2(C)C([2H])([2H])[2H])C(C)(C)C([2H])([2H])[2H].[2H]C([2H])([2H])C(C)(C)NC(=O)N[C@H](C(=O)N1C[C@H]2[C@@H]([C@H]1C(=O)O)C2(C)C([2H])([2H])[2H])C(C)(C)C([2H])([2H])[2H]. The molecule has 0 bridgehead atoms. The normalized spacial score (nSPS) is 41.2. The molecule has 432 valence electrons. The molecular formula is C54H93ClN10O11. The average molecular weight is 1130 g/mol. The van der Waals surface area contributed by atoms with Crippen LogP contribution in [0.25, 0.3) is 0 Å². The van der Waals surface area contributed by atoms with Gasteiger partial charge in [0.25, 0.3) is 11.8 Å². The third kappa shape index (κ3) is 16.0. The van der Waals surface area contributed by atoms with Gasteiger partial charge in [-0.15, -0.1) is 12.4 Å². The minimum absolute atomic E-state index is 0. The summed E-state index contributed by atoms with van der Waals surface area (Å²) in [6, 6.07) is -15.4. The van der Waals surface area contributed by atoms with Crippen molar-refractivity contribution in [1.82, 2.24) is 36.4 Å². The Balaban J connectivity index is 0.000000484. The van der Waals surface area contributed by atoms with Crippen molar-refractivity contribution in [3.05, 3.63) is 0 Å². The van der Waals surface area contributed by atoms with E-state index in [0.29, 0.717) is 4.90 Å². The number of rotatable bonds is 15. The van der Waals surface area contributed by atoms with Crippen LogP contribution in [0.3, 0.4) is 0 Å². The molecule has 12 atom stereocenters. The van der Waals surface area contributed by atoms with Gasteiger partial charge in [-0.1, -0.05) is 107 Å². The molecule has 76 heavy (non-hydrogen) atoms. The molecule has 0 spiro atoms. The summed E-state index contributed by atoms with van der Waals surface area (Å²) in [5.41, 5.74) is 4.16. The van der Waals surface area contributed by atoms with Crippen LogP contribution < -0.4 is 43.8 Å². The van der Waals surface area contributed by atoms with Crippen LogP contribution in [0.2, 0.25) is 0 Å². The molecule has 21 nitrogen and oxygen atoms in total. The number of fused-ring (bicyclic) bond motifs is 2. The molecular weight excluding hydrogens is 1000 g/mol. The zero-order valence-corrected chi connectivity index (χ0v) is 44.1. The summed E-state index contributed by atoms with van der Waals surface area (Å²) in [6.07, 6.45) is -28.1. The topological polar surface area (TPSA) is 336 Å². The zero-order valence-electron chi connectivity index (χ0n) is 79.3. The number of carbonyl (C=O) groups excluding carboxylic acids is 9. The number of nitrogens with two attached hydrogens (primary N) is 3. The summed E-state index contributed by atoms with van der Waals surface area (Å²) in [6.45, 7) is -5.52. The van der Waals surface area contributed by atoms with Crippen LogP contribution >= 0.6 is 12.4 Å². The number of primary amides is 2. The number of carboxylic acid groups (broad SMARTS) is 1. The van der Waals surface area contributed by atoms with Gasteiger partial charge in [0.15, 0.2) is 0 Å². The quantitative estimate of drug-likeness (QED) is 0.106.